The van der Waals surface area contributed by atoms with Gasteiger partial charge in [0.15, 0.2) is 0 Å². The van der Waals surface area contributed by atoms with E-state index in [0.717, 1.165) is 64.5 Å². The van der Waals surface area contributed by atoms with Crippen molar-refractivity contribution in [2.75, 3.05) is 13.1 Å². The Labute approximate surface area is 175 Å². The largest absolute Gasteiger partial charge is 0.342 e. The normalized spacial score (nSPS) is 28.9. The molecule has 3 fully saturated rings. The number of aryl methyl sites for hydroxylation is 1. The van der Waals surface area contributed by atoms with Gasteiger partial charge in [-0.3, -0.25) is 9.59 Å². The van der Waals surface area contributed by atoms with E-state index in [4.69, 9.17) is 0 Å². The first kappa shape index (κ1) is 20.4. The Hall–Kier alpha value is -1.84. The monoisotopic (exact) mass is 396 g/mol. The van der Waals surface area contributed by atoms with Gasteiger partial charge in [0.2, 0.25) is 11.8 Å². The highest BCUT2D eigenvalue weighted by atomic mass is 16.2. The summed E-state index contributed by atoms with van der Waals surface area (Å²) in [7, 11) is 0. The zero-order chi connectivity index (χ0) is 20.2. The molecule has 0 aliphatic carbocycles. The third-order valence-corrected chi connectivity index (χ3v) is 7.38. The van der Waals surface area contributed by atoms with Gasteiger partial charge in [-0.05, 0) is 62.3 Å². The van der Waals surface area contributed by atoms with Crippen LogP contribution in [0.25, 0.3) is 0 Å². The topological polar surface area (TPSA) is 40.6 Å². The van der Waals surface area contributed by atoms with Gasteiger partial charge in [-0.2, -0.15) is 0 Å². The van der Waals surface area contributed by atoms with Crippen molar-refractivity contribution in [3.8, 4) is 0 Å². The number of unbranched alkanes of at least 4 members (excludes halogenated alkanes) is 1. The first-order valence-electron chi connectivity index (χ1n) is 11.8. The van der Waals surface area contributed by atoms with Crippen molar-refractivity contribution in [3.63, 3.8) is 0 Å². The molecule has 4 rings (SSSR count). The Balaban J connectivity index is 1.34. The van der Waals surface area contributed by atoms with Crippen molar-refractivity contribution < 1.29 is 9.59 Å². The fourth-order valence-electron chi connectivity index (χ4n) is 6.05. The highest BCUT2D eigenvalue weighted by Crippen LogP contribution is 2.43. The summed E-state index contributed by atoms with van der Waals surface area (Å²) in [5.41, 5.74) is 1.36. The fraction of sp³-hybridized carbons (Fsp3) is 0.680. The number of carbonyl (C=O) groups excluding carboxylic acids is 2. The Morgan fingerprint density at radius 1 is 1.10 bits per heavy atom. The van der Waals surface area contributed by atoms with Gasteiger partial charge in [-0.15, -0.1) is 0 Å². The minimum Gasteiger partial charge on any atom is -0.342 e. The lowest BCUT2D eigenvalue weighted by molar-refractivity contribution is -0.156. The van der Waals surface area contributed by atoms with Gasteiger partial charge in [0, 0.05) is 38.0 Å². The molecular weight excluding hydrogens is 360 g/mol. The second-order valence-electron chi connectivity index (χ2n) is 9.36. The Kier molecular flexibility index (Phi) is 6.56. The quantitative estimate of drug-likeness (QED) is 0.640. The summed E-state index contributed by atoms with van der Waals surface area (Å²) in [6.07, 6.45) is 10.0. The molecule has 3 saturated heterocycles. The Bertz CT molecular complexity index is 704. The van der Waals surface area contributed by atoms with Crippen LogP contribution in [-0.2, 0) is 16.0 Å². The molecule has 0 unspecified atom stereocenters. The minimum absolute atomic E-state index is 0.332. The minimum atomic E-state index is 0.332. The van der Waals surface area contributed by atoms with Crippen molar-refractivity contribution in [3.05, 3.63) is 35.9 Å². The summed E-state index contributed by atoms with van der Waals surface area (Å²) in [5.74, 6) is 1.66. The van der Waals surface area contributed by atoms with Gasteiger partial charge in [0.25, 0.3) is 0 Å². The molecule has 3 aliphatic rings. The molecule has 29 heavy (non-hydrogen) atoms. The molecule has 4 heteroatoms. The predicted molar refractivity (Wildman–Crippen MR) is 115 cm³/mol. The van der Waals surface area contributed by atoms with E-state index in [9.17, 15) is 9.59 Å². The molecule has 0 radical (unpaired) electrons. The van der Waals surface area contributed by atoms with Crippen LogP contribution in [0.1, 0.15) is 70.3 Å². The van der Waals surface area contributed by atoms with Crippen LogP contribution >= 0.6 is 0 Å². The molecule has 2 bridgehead atoms. The van der Waals surface area contributed by atoms with Gasteiger partial charge in [0.05, 0.1) is 0 Å². The van der Waals surface area contributed by atoms with E-state index >= 15 is 0 Å². The molecule has 0 spiro atoms. The van der Waals surface area contributed by atoms with E-state index < -0.39 is 0 Å². The molecule has 3 heterocycles. The number of rotatable bonds is 7. The highest BCUT2D eigenvalue weighted by Gasteiger charge is 2.49. The molecule has 4 atom stereocenters. The third kappa shape index (κ3) is 4.51. The number of nitrogens with zero attached hydrogens (tertiary/aromatic N) is 2. The SMILES string of the molecule is CCC[C@H]1[C@H]2C[C@H](CN(C(=O)CCCCc3ccccc3)C2)[C@@H]2CCCC(=O)N21. The number of carbonyl (C=O) groups is 2. The zero-order valence-corrected chi connectivity index (χ0v) is 17.9. The Morgan fingerprint density at radius 3 is 2.69 bits per heavy atom. The molecule has 0 aromatic heterocycles. The predicted octanol–water partition coefficient (Wildman–Crippen LogP) is 4.43. The summed E-state index contributed by atoms with van der Waals surface area (Å²) in [4.78, 5) is 30.1. The van der Waals surface area contributed by atoms with Crippen LogP contribution in [0.2, 0.25) is 0 Å². The van der Waals surface area contributed by atoms with E-state index in [1.165, 1.54) is 12.0 Å². The summed E-state index contributed by atoms with van der Waals surface area (Å²) in [6, 6.07) is 11.3. The molecule has 158 valence electrons. The second-order valence-corrected chi connectivity index (χ2v) is 9.36. The maximum Gasteiger partial charge on any atom is 0.223 e. The van der Waals surface area contributed by atoms with E-state index in [2.05, 4.69) is 41.0 Å². The Morgan fingerprint density at radius 2 is 1.90 bits per heavy atom. The molecule has 1 aromatic carbocycles. The van der Waals surface area contributed by atoms with Crippen molar-refractivity contribution in [1.29, 1.82) is 0 Å². The number of hydrogen-bond acceptors (Lipinski definition) is 2. The van der Waals surface area contributed by atoms with E-state index in [1.54, 1.807) is 0 Å². The summed E-state index contributed by atoms with van der Waals surface area (Å²) in [5, 5.41) is 0. The van der Waals surface area contributed by atoms with Gasteiger partial charge in [0.1, 0.15) is 0 Å². The van der Waals surface area contributed by atoms with Crippen LogP contribution in [0.15, 0.2) is 30.3 Å². The van der Waals surface area contributed by atoms with E-state index in [0.29, 0.717) is 42.2 Å². The number of benzene rings is 1. The lowest BCUT2D eigenvalue weighted by Gasteiger charge is -2.56. The molecule has 0 saturated carbocycles. The van der Waals surface area contributed by atoms with Crippen molar-refractivity contribution in [1.82, 2.24) is 9.80 Å². The maximum atomic E-state index is 13.0. The molecule has 4 nitrogen and oxygen atoms in total. The zero-order valence-electron chi connectivity index (χ0n) is 17.9. The summed E-state index contributed by atoms with van der Waals surface area (Å²) >= 11 is 0. The van der Waals surface area contributed by atoms with Crippen LogP contribution in [-0.4, -0.2) is 46.8 Å². The number of likely N-dealkylation sites (tertiary alicyclic amines) is 1. The molecule has 2 amide bonds. The lowest BCUT2D eigenvalue weighted by Crippen LogP contribution is -2.65. The van der Waals surface area contributed by atoms with Crippen molar-refractivity contribution >= 4 is 11.8 Å². The number of hydrogen-bond donors (Lipinski definition) is 0. The fourth-order valence-corrected chi connectivity index (χ4v) is 6.05. The van der Waals surface area contributed by atoms with Crippen LogP contribution in [0.5, 0.6) is 0 Å². The summed E-state index contributed by atoms with van der Waals surface area (Å²) < 4.78 is 0. The molecular formula is C25H36N2O2. The average Bonchev–Trinajstić information content (AvgIpc) is 2.75. The van der Waals surface area contributed by atoms with Gasteiger partial charge in [-0.1, -0.05) is 43.7 Å². The number of piperidine rings is 3. The van der Waals surface area contributed by atoms with Crippen LogP contribution in [0, 0.1) is 11.8 Å². The standard InChI is InChI=1S/C25H36N2O2/c1-2-9-22-20-16-21(23-13-8-15-25(29)27(22)23)18-26(17-20)24(28)14-7-6-12-19-10-4-3-5-11-19/h3-5,10-11,20-23H,2,6-9,12-18H2,1H3/t20-,21+,22-,23-/m0/s1. The lowest BCUT2D eigenvalue weighted by atomic mass is 9.71. The molecule has 1 aromatic rings. The van der Waals surface area contributed by atoms with Crippen LogP contribution in [0.4, 0.5) is 0 Å². The average molecular weight is 397 g/mol. The smallest absolute Gasteiger partial charge is 0.223 e. The molecule has 3 aliphatic heterocycles. The highest BCUT2D eigenvalue weighted by molar-refractivity contribution is 5.78. The number of amides is 2. The van der Waals surface area contributed by atoms with Crippen LogP contribution in [0.3, 0.4) is 0 Å². The molecule has 0 N–H and O–H groups in total. The second kappa shape index (κ2) is 9.32. The number of fused-ring (bicyclic) bond motifs is 4. The van der Waals surface area contributed by atoms with E-state index in [-0.39, 0.29) is 0 Å². The first-order valence-corrected chi connectivity index (χ1v) is 11.8. The third-order valence-electron chi connectivity index (χ3n) is 7.38. The van der Waals surface area contributed by atoms with Crippen LogP contribution < -0.4 is 0 Å². The van der Waals surface area contributed by atoms with Gasteiger partial charge < -0.3 is 9.80 Å². The van der Waals surface area contributed by atoms with E-state index in [1.807, 2.05) is 6.07 Å². The summed E-state index contributed by atoms with van der Waals surface area (Å²) in [6.45, 7) is 3.94. The van der Waals surface area contributed by atoms with Crippen molar-refractivity contribution in [2.45, 2.75) is 83.2 Å². The van der Waals surface area contributed by atoms with Gasteiger partial charge in [-0.25, -0.2) is 0 Å². The maximum absolute atomic E-state index is 13.0. The van der Waals surface area contributed by atoms with Crippen molar-refractivity contribution in [2.24, 2.45) is 11.8 Å². The first-order chi connectivity index (χ1) is 14.2. The van der Waals surface area contributed by atoms with Gasteiger partial charge >= 0.3 is 0 Å².